The van der Waals surface area contributed by atoms with Gasteiger partial charge in [0, 0.05) is 39.8 Å². The van der Waals surface area contributed by atoms with Gasteiger partial charge in [0.2, 0.25) is 10.0 Å². The van der Waals surface area contributed by atoms with E-state index in [2.05, 4.69) is 21.2 Å². The predicted octanol–water partition coefficient (Wildman–Crippen LogP) is 4.96. The van der Waals surface area contributed by atoms with Crippen LogP contribution < -0.4 is 5.32 Å². The number of halogens is 1. The fraction of sp³-hybridized carbons (Fsp3) is 0.129. The maximum Gasteiger partial charge on any atom is 0.330 e. The number of ketones is 1. The Morgan fingerprint density at radius 3 is 2.37 bits per heavy atom. The van der Waals surface area contributed by atoms with Crippen molar-refractivity contribution in [1.82, 2.24) is 9.62 Å². The van der Waals surface area contributed by atoms with E-state index in [1.54, 1.807) is 78.9 Å². The zero-order valence-electron chi connectivity index (χ0n) is 21.5. The van der Waals surface area contributed by atoms with E-state index in [1.807, 2.05) is 0 Å². The van der Waals surface area contributed by atoms with E-state index in [0.717, 1.165) is 5.56 Å². The van der Waals surface area contributed by atoms with Crippen LogP contribution in [-0.4, -0.2) is 42.0 Å². The summed E-state index contributed by atoms with van der Waals surface area (Å²) in [7, 11) is -3.78. The number of benzene rings is 4. The molecule has 4 aromatic carbocycles. The van der Waals surface area contributed by atoms with Crippen LogP contribution in [0, 0.1) is 0 Å². The van der Waals surface area contributed by atoms with Gasteiger partial charge in [-0.3, -0.25) is 9.59 Å². The topological polar surface area (TPSA) is 121 Å². The molecule has 0 bridgehead atoms. The number of hydrogen-bond acceptors (Lipinski definition) is 5. The third-order valence-electron chi connectivity index (χ3n) is 7.49. The van der Waals surface area contributed by atoms with Crippen molar-refractivity contribution in [3.8, 4) is 11.1 Å². The van der Waals surface area contributed by atoms with Gasteiger partial charge in [-0.15, -0.1) is 0 Å². The van der Waals surface area contributed by atoms with Gasteiger partial charge in [0.25, 0.3) is 5.91 Å². The molecule has 1 amide bonds. The summed E-state index contributed by atoms with van der Waals surface area (Å²) in [4.78, 5) is 38.9. The number of carbonyl (C=O) groups excluding carboxylic acids is 2. The quantitative estimate of drug-likeness (QED) is 0.273. The molecule has 1 unspecified atom stereocenters. The first-order chi connectivity index (χ1) is 19.6. The number of carbonyl (C=O) groups is 3. The van der Waals surface area contributed by atoms with E-state index in [0.29, 0.717) is 50.8 Å². The fourth-order valence-corrected chi connectivity index (χ4v) is 7.49. The number of aliphatic carboxylic acids is 1. The summed E-state index contributed by atoms with van der Waals surface area (Å²) in [6, 6.07) is 22.0. The summed E-state index contributed by atoms with van der Waals surface area (Å²) < 4.78 is 28.6. The highest BCUT2D eigenvalue weighted by Gasteiger charge is 2.33. The molecule has 0 saturated carbocycles. The molecular formula is C31H23BrN2O6S. The number of sulfonamides is 1. The predicted molar refractivity (Wildman–Crippen MR) is 155 cm³/mol. The molecule has 0 saturated heterocycles. The number of carboxylic acid groups (broad SMARTS) is 1. The lowest BCUT2D eigenvalue weighted by Gasteiger charge is -2.29. The van der Waals surface area contributed by atoms with Gasteiger partial charge in [0.15, 0.2) is 11.8 Å². The summed E-state index contributed by atoms with van der Waals surface area (Å²) in [6.07, 6.45) is 0.469. The maximum atomic E-state index is 13.5. The SMILES string of the molecule is O=C(NC(C(=O)O)c1ccc2c(c1)CN(S(=O)(=O)c1cccc(Br)c1)CC2)c1cccc2c1-c1ccccc1C2=O. The number of fused-ring (bicyclic) bond motifs is 4. The Morgan fingerprint density at radius 2 is 1.61 bits per heavy atom. The molecule has 1 aliphatic heterocycles. The molecule has 0 fully saturated rings. The molecule has 0 spiro atoms. The second kappa shape index (κ2) is 10.4. The lowest BCUT2D eigenvalue weighted by molar-refractivity contribution is -0.139. The van der Waals surface area contributed by atoms with E-state index in [-0.39, 0.29) is 22.8 Å². The summed E-state index contributed by atoms with van der Waals surface area (Å²) in [5.74, 6) is -2.08. The van der Waals surface area contributed by atoms with Crippen molar-refractivity contribution in [2.24, 2.45) is 0 Å². The first kappa shape index (κ1) is 27.1. The smallest absolute Gasteiger partial charge is 0.330 e. The lowest BCUT2D eigenvalue weighted by Crippen LogP contribution is -2.37. The Bertz CT molecular complexity index is 1870. The normalized spacial score (nSPS) is 15.0. The van der Waals surface area contributed by atoms with Crippen LogP contribution in [0.25, 0.3) is 11.1 Å². The molecule has 6 rings (SSSR count). The van der Waals surface area contributed by atoms with Gasteiger partial charge >= 0.3 is 5.97 Å². The molecule has 4 aromatic rings. The molecule has 1 atom stereocenters. The van der Waals surface area contributed by atoms with Crippen LogP contribution in [-0.2, 0) is 27.8 Å². The molecule has 10 heteroatoms. The van der Waals surface area contributed by atoms with Crippen molar-refractivity contribution >= 4 is 43.6 Å². The van der Waals surface area contributed by atoms with E-state index >= 15 is 0 Å². The Morgan fingerprint density at radius 1 is 0.878 bits per heavy atom. The van der Waals surface area contributed by atoms with Gasteiger partial charge in [0.05, 0.1) is 4.90 Å². The third kappa shape index (κ3) is 4.77. The minimum absolute atomic E-state index is 0.0728. The highest BCUT2D eigenvalue weighted by molar-refractivity contribution is 9.10. The highest BCUT2D eigenvalue weighted by atomic mass is 79.9. The summed E-state index contributed by atoms with van der Waals surface area (Å²) >= 11 is 3.32. The number of nitrogens with zero attached hydrogens (tertiary/aromatic N) is 1. The van der Waals surface area contributed by atoms with Crippen LogP contribution in [0.1, 0.15) is 49.0 Å². The molecule has 2 aliphatic rings. The summed E-state index contributed by atoms with van der Waals surface area (Å²) in [5.41, 5.74) is 4.11. The van der Waals surface area contributed by atoms with Crippen molar-refractivity contribution in [3.63, 3.8) is 0 Å². The van der Waals surface area contributed by atoms with Gasteiger partial charge in [-0.2, -0.15) is 4.31 Å². The number of carboxylic acids is 1. The average Bonchev–Trinajstić information content (AvgIpc) is 3.27. The summed E-state index contributed by atoms with van der Waals surface area (Å²) in [6.45, 7) is 0.364. The van der Waals surface area contributed by atoms with Crippen molar-refractivity contribution in [2.75, 3.05) is 6.54 Å². The standard InChI is InChI=1S/C31H23BrN2O6S/c32-21-5-3-6-22(16-21)41(39,40)34-14-13-18-11-12-19(15-20(18)17-34)28(31(37)38)33-30(36)26-10-4-9-25-27(26)23-7-1-2-8-24(23)29(25)35/h1-12,15-16,28H,13-14,17H2,(H,33,36)(H,37,38). The van der Waals surface area contributed by atoms with E-state index < -0.39 is 27.9 Å². The molecule has 0 radical (unpaired) electrons. The Balaban J connectivity index is 1.29. The lowest BCUT2D eigenvalue weighted by atomic mass is 9.95. The second-order valence-electron chi connectivity index (χ2n) is 9.92. The number of rotatable bonds is 6. The fourth-order valence-electron chi connectivity index (χ4n) is 5.47. The highest BCUT2D eigenvalue weighted by Crippen LogP contribution is 2.39. The minimum Gasteiger partial charge on any atom is -0.479 e. The average molecular weight is 632 g/mol. The Labute approximate surface area is 244 Å². The number of hydrogen-bond donors (Lipinski definition) is 2. The van der Waals surface area contributed by atoms with E-state index in [4.69, 9.17) is 0 Å². The van der Waals surface area contributed by atoms with Gasteiger partial charge in [-0.1, -0.05) is 76.6 Å². The van der Waals surface area contributed by atoms with Crippen LogP contribution in [0.2, 0.25) is 0 Å². The second-order valence-corrected chi connectivity index (χ2v) is 12.8. The zero-order valence-corrected chi connectivity index (χ0v) is 23.9. The van der Waals surface area contributed by atoms with Crippen molar-refractivity contribution in [2.45, 2.75) is 23.9 Å². The van der Waals surface area contributed by atoms with E-state index in [1.165, 1.54) is 10.4 Å². The van der Waals surface area contributed by atoms with Gasteiger partial charge < -0.3 is 10.4 Å². The molecule has 0 aromatic heterocycles. The van der Waals surface area contributed by atoms with Crippen molar-refractivity contribution in [3.05, 3.63) is 123 Å². The van der Waals surface area contributed by atoms with Crippen LogP contribution in [0.3, 0.4) is 0 Å². The molecule has 1 aliphatic carbocycles. The van der Waals surface area contributed by atoms with Crippen molar-refractivity contribution in [1.29, 1.82) is 0 Å². The molecule has 8 nitrogen and oxygen atoms in total. The van der Waals surface area contributed by atoms with Crippen LogP contribution in [0.5, 0.6) is 0 Å². The summed E-state index contributed by atoms with van der Waals surface area (Å²) in [5, 5.41) is 12.7. The minimum atomic E-state index is -3.78. The maximum absolute atomic E-state index is 13.5. The van der Waals surface area contributed by atoms with E-state index in [9.17, 15) is 27.9 Å². The number of nitrogens with one attached hydrogen (secondary N) is 1. The first-order valence-corrected chi connectivity index (χ1v) is 15.1. The monoisotopic (exact) mass is 630 g/mol. The van der Waals surface area contributed by atoms with Gasteiger partial charge in [0.1, 0.15) is 0 Å². The first-order valence-electron chi connectivity index (χ1n) is 12.8. The molecule has 41 heavy (non-hydrogen) atoms. The molecular weight excluding hydrogens is 608 g/mol. The largest absolute Gasteiger partial charge is 0.479 e. The third-order valence-corrected chi connectivity index (χ3v) is 9.83. The van der Waals surface area contributed by atoms with Crippen LogP contribution >= 0.6 is 15.9 Å². The van der Waals surface area contributed by atoms with Crippen LogP contribution in [0.4, 0.5) is 0 Å². The Hall–Kier alpha value is -4.12. The molecule has 206 valence electrons. The molecule has 1 heterocycles. The number of amides is 1. The van der Waals surface area contributed by atoms with Crippen molar-refractivity contribution < 1.29 is 27.9 Å². The zero-order chi connectivity index (χ0) is 28.9. The van der Waals surface area contributed by atoms with Gasteiger partial charge in [-0.25, -0.2) is 13.2 Å². The Kier molecular flexibility index (Phi) is 6.85. The molecule has 2 N–H and O–H groups in total. The van der Waals surface area contributed by atoms with Crippen LogP contribution in [0.15, 0.2) is 94.3 Å². The van der Waals surface area contributed by atoms with Gasteiger partial charge in [-0.05, 0) is 52.9 Å².